The molecule has 40 valence electrons. The number of rotatable bonds is 1. The third-order valence-electron chi connectivity index (χ3n) is 1.38. The molecule has 1 nitrogen and oxygen atoms in total. The first-order valence-electron chi connectivity index (χ1n) is 2.79. The van der Waals surface area contributed by atoms with E-state index in [9.17, 15) is 0 Å². The first-order valence-corrected chi connectivity index (χ1v) is 4.85. The van der Waals surface area contributed by atoms with Crippen molar-refractivity contribution in [2.45, 2.75) is 12.5 Å². The average Bonchev–Trinajstić information content (AvgIpc) is 2.14. The maximum absolute atomic E-state index is 3.74. The van der Waals surface area contributed by atoms with Crippen LogP contribution in [0.25, 0.3) is 0 Å². The summed E-state index contributed by atoms with van der Waals surface area (Å²) in [4.78, 5) is 3.43. The largest absolute Gasteiger partial charge is 0.336 e. The lowest BCUT2D eigenvalue weighted by Gasteiger charge is -1.94. The first kappa shape index (κ1) is 5.06. The van der Waals surface area contributed by atoms with E-state index in [4.69, 9.17) is 0 Å². The SMILES string of the molecule is C=C[SiH]1CCCN1. The van der Waals surface area contributed by atoms with Crippen LogP contribution in [0.5, 0.6) is 0 Å². The molecule has 1 atom stereocenters. The third-order valence-corrected chi connectivity index (χ3v) is 3.80. The molecule has 1 heterocycles. The first-order chi connectivity index (χ1) is 3.43. The Morgan fingerprint density at radius 2 is 2.57 bits per heavy atom. The molecule has 1 fully saturated rings. The van der Waals surface area contributed by atoms with Crippen LogP contribution in [-0.4, -0.2) is 15.5 Å². The van der Waals surface area contributed by atoms with Crippen LogP contribution in [0.3, 0.4) is 0 Å². The van der Waals surface area contributed by atoms with Crippen molar-refractivity contribution in [3.63, 3.8) is 0 Å². The molecule has 0 aromatic rings. The summed E-state index contributed by atoms with van der Waals surface area (Å²) >= 11 is 0. The summed E-state index contributed by atoms with van der Waals surface area (Å²) in [6, 6.07) is 1.42. The highest BCUT2D eigenvalue weighted by Crippen LogP contribution is 2.01. The molecule has 0 bridgehead atoms. The summed E-state index contributed by atoms with van der Waals surface area (Å²) < 4.78 is 0. The van der Waals surface area contributed by atoms with Gasteiger partial charge in [-0.1, -0.05) is 5.70 Å². The summed E-state index contributed by atoms with van der Waals surface area (Å²) in [5.41, 5.74) is 2.12. The van der Waals surface area contributed by atoms with Gasteiger partial charge in [-0.3, -0.25) is 0 Å². The van der Waals surface area contributed by atoms with Gasteiger partial charge in [-0.25, -0.2) is 0 Å². The zero-order valence-corrected chi connectivity index (χ0v) is 5.64. The van der Waals surface area contributed by atoms with E-state index in [-0.39, 0.29) is 0 Å². The van der Waals surface area contributed by atoms with Crippen LogP contribution in [0.4, 0.5) is 0 Å². The van der Waals surface area contributed by atoms with Crippen molar-refractivity contribution < 1.29 is 0 Å². The molecule has 2 heteroatoms. The van der Waals surface area contributed by atoms with Gasteiger partial charge in [0.2, 0.25) is 0 Å². The topological polar surface area (TPSA) is 12.0 Å². The highest BCUT2D eigenvalue weighted by molar-refractivity contribution is 6.62. The average molecular weight is 113 g/mol. The van der Waals surface area contributed by atoms with E-state index >= 15 is 0 Å². The minimum atomic E-state index is -0.546. The Bertz CT molecular complexity index is 66.5. The minimum Gasteiger partial charge on any atom is -0.336 e. The molecule has 1 aliphatic heterocycles. The molecule has 7 heavy (non-hydrogen) atoms. The molecule has 1 unspecified atom stereocenters. The second-order valence-electron chi connectivity index (χ2n) is 1.94. The minimum absolute atomic E-state index is 0.546. The lowest BCUT2D eigenvalue weighted by Crippen LogP contribution is -2.23. The van der Waals surface area contributed by atoms with Crippen molar-refractivity contribution in [1.29, 1.82) is 0 Å². The van der Waals surface area contributed by atoms with E-state index in [2.05, 4.69) is 17.3 Å². The Morgan fingerprint density at radius 3 is 2.86 bits per heavy atom. The standard InChI is InChI=1S/C5H11NSi/c1-2-7-5-3-4-6-7/h2,6-7H,1,3-5H2. The zero-order valence-electron chi connectivity index (χ0n) is 4.48. The van der Waals surface area contributed by atoms with Gasteiger partial charge in [-0.15, -0.1) is 6.58 Å². The molecule has 1 aliphatic rings. The van der Waals surface area contributed by atoms with E-state index in [1.54, 1.807) is 0 Å². The fourth-order valence-corrected chi connectivity index (χ4v) is 2.74. The highest BCUT2D eigenvalue weighted by atomic mass is 28.3. The summed E-state index contributed by atoms with van der Waals surface area (Å²) in [7, 11) is -0.546. The maximum atomic E-state index is 3.74. The molecule has 1 N–H and O–H groups in total. The molecule has 0 amide bonds. The van der Waals surface area contributed by atoms with E-state index in [0.29, 0.717) is 0 Å². The summed E-state index contributed by atoms with van der Waals surface area (Å²) in [5, 5.41) is 0. The third kappa shape index (κ3) is 1.14. The molecule has 1 saturated heterocycles. The van der Waals surface area contributed by atoms with Gasteiger partial charge in [0.1, 0.15) is 8.96 Å². The van der Waals surface area contributed by atoms with Gasteiger partial charge >= 0.3 is 0 Å². The van der Waals surface area contributed by atoms with Crippen LogP contribution in [0.15, 0.2) is 12.3 Å². The molecule has 0 aliphatic carbocycles. The lowest BCUT2D eigenvalue weighted by atomic mass is 10.5. The van der Waals surface area contributed by atoms with Gasteiger partial charge in [0.25, 0.3) is 0 Å². The van der Waals surface area contributed by atoms with Crippen molar-refractivity contribution in [2.24, 2.45) is 0 Å². The van der Waals surface area contributed by atoms with Crippen molar-refractivity contribution in [3.05, 3.63) is 12.3 Å². The maximum Gasteiger partial charge on any atom is 0.133 e. The fourth-order valence-electron chi connectivity index (χ4n) is 0.913. The van der Waals surface area contributed by atoms with Crippen molar-refractivity contribution in [2.75, 3.05) is 6.54 Å². The van der Waals surface area contributed by atoms with E-state index in [1.807, 2.05) is 0 Å². The molecule has 0 saturated carbocycles. The Kier molecular flexibility index (Phi) is 1.65. The highest BCUT2D eigenvalue weighted by Gasteiger charge is 2.10. The number of hydrogen-bond acceptors (Lipinski definition) is 1. The Morgan fingerprint density at radius 1 is 1.71 bits per heavy atom. The van der Waals surface area contributed by atoms with Crippen molar-refractivity contribution in [3.8, 4) is 0 Å². The Balaban J connectivity index is 2.26. The van der Waals surface area contributed by atoms with Crippen LogP contribution in [0.1, 0.15) is 6.42 Å². The van der Waals surface area contributed by atoms with Crippen LogP contribution in [0.2, 0.25) is 6.04 Å². The van der Waals surface area contributed by atoms with E-state index in [0.717, 1.165) is 0 Å². The quantitative estimate of drug-likeness (QED) is 0.486. The zero-order chi connectivity index (χ0) is 5.11. The molecule has 0 aromatic heterocycles. The number of hydrogen-bond donors (Lipinski definition) is 1. The van der Waals surface area contributed by atoms with Crippen LogP contribution >= 0.6 is 0 Å². The fraction of sp³-hybridized carbons (Fsp3) is 0.600. The van der Waals surface area contributed by atoms with Gasteiger partial charge in [0, 0.05) is 0 Å². The van der Waals surface area contributed by atoms with Gasteiger partial charge < -0.3 is 4.98 Å². The molecule has 0 aromatic carbocycles. The lowest BCUT2D eigenvalue weighted by molar-refractivity contribution is 0.932. The predicted octanol–water partition coefficient (Wildman–Crippen LogP) is 0.429. The molecular weight excluding hydrogens is 102 g/mol. The molecule has 1 rings (SSSR count). The van der Waals surface area contributed by atoms with Gasteiger partial charge in [0.15, 0.2) is 0 Å². The summed E-state index contributed by atoms with van der Waals surface area (Å²) in [5.74, 6) is 0. The number of nitrogens with one attached hydrogen (secondary N) is 1. The van der Waals surface area contributed by atoms with E-state index in [1.165, 1.54) is 19.0 Å². The van der Waals surface area contributed by atoms with E-state index < -0.39 is 8.96 Å². The molecular formula is C5H11NSi. The van der Waals surface area contributed by atoms with Crippen LogP contribution < -0.4 is 4.98 Å². The van der Waals surface area contributed by atoms with Crippen molar-refractivity contribution in [1.82, 2.24) is 4.98 Å². The summed E-state index contributed by atoms with van der Waals surface area (Å²) in [6.45, 7) is 4.98. The van der Waals surface area contributed by atoms with Gasteiger partial charge in [0.05, 0.1) is 0 Å². The normalized spacial score (nSPS) is 30.6. The molecule has 0 radical (unpaired) electrons. The van der Waals surface area contributed by atoms with Crippen molar-refractivity contribution >= 4 is 8.96 Å². The summed E-state index contributed by atoms with van der Waals surface area (Å²) in [6.07, 6.45) is 1.38. The second-order valence-corrected chi connectivity index (χ2v) is 4.61. The van der Waals surface area contributed by atoms with Gasteiger partial charge in [-0.2, -0.15) is 0 Å². The Labute approximate surface area is 46.1 Å². The van der Waals surface area contributed by atoms with Crippen LogP contribution in [0, 0.1) is 0 Å². The Hall–Kier alpha value is -0.0831. The smallest absolute Gasteiger partial charge is 0.133 e. The monoisotopic (exact) mass is 113 g/mol. The molecule has 0 spiro atoms. The van der Waals surface area contributed by atoms with Gasteiger partial charge in [-0.05, 0) is 19.0 Å². The predicted molar refractivity (Wildman–Crippen MR) is 34.8 cm³/mol. The van der Waals surface area contributed by atoms with Crippen LogP contribution in [-0.2, 0) is 0 Å². The second kappa shape index (κ2) is 2.28.